The maximum absolute atomic E-state index is 12.6. The Morgan fingerprint density at radius 2 is 2.12 bits per heavy atom. The van der Waals surface area contributed by atoms with Crippen molar-refractivity contribution in [3.05, 3.63) is 54.2 Å². The van der Waals surface area contributed by atoms with E-state index in [0.717, 1.165) is 48.9 Å². The minimum atomic E-state index is 0.0437. The van der Waals surface area contributed by atoms with Crippen LogP contribution in [0.5, 0.6) is 0 Å². The fraction of sp³-hybridized carbons (Fsp3) is 0.400. The number of benzene rings is 1. The number of nitrogens with zero attached hydrogens (tertiary/aromatic N) is 2. The Hall–Kier alpha value is -1.85. The van der Waals surface area contributed by atoms with E-state index in [1.807, 2.05) is 18.2 Å². The fourth-order valence-electron chi connectivity index (χ4n) is 3.19. The number of hydrogen-bond donors (Lipinski definition) is 1. The van der Waals surface area contributed by atoms with Crippen LogP contribution in [0.1, 0.15) is 25.3 Å². The van der Waals surface area contributed by atoms with Crippen LogP contribution < -0.4 is 5.32 Å². The summed E-state index contributed by atoms with van der Waals surface area (Å²) in [6.07, 6.45) is 3.77. The molecule has 25 heavy (non-hydrogen) atoms. The van der Waals surface area contributed by atoms with Crippen LogP contribution in [0.2, 0.25) is 0 Å². The average Bonchev–Trinajstić information content (AvgIpc) is 2.65. The van der Waals surface area contributed by atoms with Gasteiger partial charge in [-0.2, -0.15) is 0 Å². The summed E-state index contributed by atoms with van der Waals surface area (Å²) in [6.45, 7) is 4.89. The molecule has 0 radical (unpaired) electrons. The smallest absolute Gasteiger partial charge is 0.228 e. The van der Waals surface area contributed by atoms with Crippen LogP contribution in [-0.4, -0.2) is 34.6 Å². The van der Waals surface area contributed by atoms with Crippen molar-refractivity contribution in [3.63, 3.8) is 0 Å². The van der Waals surface area contributed by atoms with E-state index in [0.29, 0.717) is 0 Å². The standard InChI is InChI=1S/C20H25N3OS/c1-2-25-19-11-10-18(13-21-19)22-20(24)17-9-6-12-23(15-17)14-16-7-4-3-5-8-16/h3-5,7-8,10-11,13,17H,2,6,9,12,14-15H2,1H3,(H,22,24). The van der Waals surface area contributed by atoms with Crippen LogP contribution in [0.25, 0.3) is 0 Å². The quantitative estimate of drug-likeness (QED) is 0.794. The van der Waals surface area contributed by atoms with Crippen molar-refractivity contribution < 1.29 is 4.79 Å². The Morgan fingerprint density at radius 3 is 2.84 bits per heavy atom. The third-order valence-electron chi connectivity index (χ3n) is 4.42. The molecule has 1 amide bonds. The number of likely N-dealkylation sites (tertiary alicyclic amines) is 1. The van der Waals surface area contributed by atoms with Gasteiger partial charge in [-0.1, -0.05) is 37.3 Å². The highest BCUT2D eigenvalue weighted by Gasteiger charge is 2.25. The third-order valence-corrected chi connectivity index (χ3v) is 5.25. The lowest BCUT2D eigenvalue weighted by molar-refractivity contribution is -0.121. The summed E-state index contributed by atoms with van der Waals surface area (Å²) < 4.78 is 0. The molecular weight excluding hydrogens is 330 g/mol. The second-order valence-corrected chi connectivity index (χ2v) is 7.65. The molecule has 1 N–H and O–H groups in total. The molecule has 3 rings (SSSR count). The number of piperidine rings is 1. The molecule has 132 valence electrons. The van der Waals surface area contributed by atoms with Gasteiger partial charge in [0, 0.05) is 13.1 Å². The van der Waals surface area contributed by atoms with Crippen molar-refractivity contribution in [1.29, 1.82) is 0 Å². The third kappa shape index (κ3) is 5.31. The zero-order valence-corrected chi connectivity index (χ0v) is 15.5. The Morgan fingerprint density at radius 1 is 1.28 bits per heavy atom. The second kappa shape index (κ2) is 9.02. The van der Waals surface area contributed by atoms with E-state index in [1.165, 1.54) is 5.56 Å². The van der Waals surface area contributed by atoms with Crippen molar-refractivity contribution in [2.75, 3.05) is 24.2 Å². The van der Waals surface area contributed by atoms with Gasteiger partial charge in [0.05, 0.1) is 22.8 Å². The molecule has 0 bridgehead atoms. The van der Waals surface area contributed by atoms with E-state index in [9.17, 15) is 4.79 Å². The van der Waals surface area contributed by atoms with E-state index >= 15 is 0 Å². The van der Waals surface area contributed by atoms with E-state index in [2.05, 4.69) is 46.4 Å². The molecular formula is C20H25N3OS. The highest BCUT2D eigenvalue weighted by atomic mass is 32.2. The summed E-state index contributed by atoms with van der Waals surface area (Å²) in [5.41, 5.74) is 2.09. The van der Waals surface area contributed by atoms with Gasteiger partial charge >= 0.3 is 0 Å². The topological polar surface area (TPSA) is 45.2 Å². The molecule has 1 fully saturated rings. The number of rotatable bonds is 6. The number of amides is 1. The minimum absolute atomic E-state index is 0.0437. The first-order valence-corrected chi connectivity index (χ1v) is 9.89. The maximum Gasteiger partial charge on any atom is 0.228 e. The maximum atomic E-state index is 12.6. The molecule has 4 nitrogen and oxygen atoms in total. The van der Waals surface area contributed by atoms with Crippen LogP contribution in [0.15, 0.2) is 53.7 Å². The summed E-state index contributed by atoms with van der Waals surface area (Å²) >= 11 is 1.70. The number of carbonyl (C=O) groups is 1. The van der Waals surface area contributed by atoms with Crippen molar-refractivity contribution >= 4 is 23.4 Å². The van der Waals surface area contributed by atoms with Gasteiger partial charge < -0.3 is 5.32 Å². The van der Waals surface area contributed by atoms with Crippen LogP contribution in [0, 0.1) is 5.92 Å². The van der Waals surface area contributed by atoms with Gasteiger partial charge in [-0.25, -0.2) is 4.98 Å². The monoisotopic (exact) mass is 355 g/mol. The number of aromatic nitrogens is 1. The zero-order chi connectivity index (χ0) is 17.5. The number of thioether (sulfide) groups is 1. The van der Waals surface area contributed by atoms with Crippen molar-refractivity contribution in [2.24, 2.45) is 5.92 Å². The predicted octanol–water partition coefficient (Wildman–Crippen LogP) is 4.04. The predicted molar refractivity (Wildman–Crippen MR) is 104 cm³/mol. The number of hydrogen-bond acceptors (Lipinski definition) is 4. The molecule has 1 aromatic carbocycles. The molecule has 2 aromatic rings. The van der Waals surface area contributed by atoms with Crippen molar-refractivity contribution in [2.45, 2.75) is 31.3 Å². The van der Waals surface area contributed by atoms with Gasteiger partial charge in [0.25, 0.3) is 0 Å². The van der Waals surface area contributed by atoms with Gasteiger partial charge in [0.15, 0.2) is 0 Å². The average molecular weight is 356 g/mol. The molecule has 1 aromatic heterocycles. The lowest BCUT2D eigenvalue weighted by Gasteiger charge is -2.32. The summed E-state index contributed by atoms with van der Waals surface area (Å²) in [5.74, 6) is 1.15. The lowest BCUT2D eigenvalue weighted by Crippen LogP contribution is -2.40. The Bertz CT molecular complexity index is 675. The molecule has 2 heterocycles. The van der Waals surface area contributed by atoms with Gasteiger partial charge in [-0.3, -0.25) is 9.69 Å². The molecule has 0 spiro atoms. The zero-order valence-electron chi connectivity index (χ0n) is 14.6. The van der Waals surface area contributed by atoms with Crippen LogP contribution in [0.4, 0.5) is 5.69 Å². The Labute approximate surface area is 154 Å². The number of carbonyl (C=O) groups excluding carboxylic acids is 1. The summed E-state index contributed by atoms with van der Waals surface area (Å²) in [4.78, 5) is 19.4. The summed E-state index contributed by atoms with van der Waals surface area (Å²) in [6, 6.07) is 14.4. The lowest BCUT2D eigenvalue weighted by atomic mass is 9.96. The summed E-state index contributed by atoms with van der Waals surface area (Å²) in [5, 5.41) is 4.02. The van der Waals surface area contributed by atoms with Crippen LogP contribution >= 0.6 is 11.8 Å². The van der Waals surface area contributed by atoms with Crippen LogP contribution in [-0.2, 0) is 11.3 Å². The molecule has 0 saturated carbocycles. The van der Waals surface area contributed by atoms with E-state index in [4.69, 9.17) is 0 Å². The fourth-order valence-corrected chi connectivity index (χ4v) is 3.77. The first kappa shape index (κ1) is 18.0. The van der Waals surface area contributed by atoms with Gasteiger partial charge in [0.2, 0.25) is 5.91 Å². The van der Waals surface area contributed by atoms with Gasteiger partial charge in [0.1, 0.15) is 0 Å². The van der Waals surface area contributed by atoms with Crippen molar-refractivity contribution in [1.82, 2.24) is 9.88 Å². The van der Waals surface area contributed by atoms with Gasteiger partial charge in [-0.05, 0) is 42.8 Å². The van der Waals surface area contributed by atoms with Gasteiger partial charge in [-0.15, -0.1) is 11.8 Å². The minimum Gasteiger partial charge on any atom is -0.324 e. The Balaban J connectivity index is 1.54. The largest absolute Gasteiger partial charge is 0.324 e. The van der Waals surface area contributed by atoms with E-state index < -0.39 is 0 Å². The number of anilines is 1. The molecule has 1 unspecified atom stereocenters. The molecule has 5 heteroatoms. The highest BCUT2D eigenvalue weighted by Crippen LogP contribution is 2.21. The first-order chi connectivity index (χ1) is 12.2. The molecule has 1 aliphatic rings. The molecule has 1 atom stereocenters. The Kier molecular flexibility index (Phi) is 6.48. The summed E-state index contributed by atoms with van der Waals surface area (Å²) in [7, 11) is 0. The van der Waals surface area contributed by atoms with Crippen molar-refractivity contribution in [3.8, 4) is 0 Å². The molecule has 1 aliphatic heterocycles. The normalized spacial score (nSPS) is 18.0. The SMILES string of the molecule is CCSc1ccc(NC(=O)C2CCCN(Cc3ccccc3)C2)cn1. The molecule has 1 saturated heterocycles. The van der Waals surface area contributed by atoms with E-state index in [-0.39, 0.29) is 11.8 Å². The van der Waals surface area contributed by atoms with Crippen LogP contribution in [0.3, 0.4) is 0 Å². The highest BCUT2D eigenvalue weighted by molar-refractivity contribution is 7.99. The first-order valence-electron chi connectivity index (χ1n) is 8.90. The van der Waals surface area contributed by atoms with E-state index in [1.54, 1.807) is 18.0 Å². The molecule has 0 aliphatic carbocycles. The second-order valence-electron chi connectivity index (χ2n) is 6.37. The number of nitrogens with one attached hydrogen (secondary N) is 1. The number of pyridine rings is 1.